The Hall–Kier alpha value is -1.66. The van der Waals surface area contributed by atoms with Gasteiger partial charge >= 0.3 is 0 Å². The van der Waals surface area contributed by atoms with Crippen molar-refractivity contribution in [3.8, 4) is 0 Å². The zero-order valence-corrected chi connectivity index (χ0v) is 12.8. The van der Waals surface area contributed by atoms with Crippen LogP contribution < -0.4 is 5.32 Å². The van der Waals surface area contributed by atoms with Crippen LogP contribution in [-0.4, -0.2) is 11.5 Å². The normalized spacial score (nSPS) is 21.0. The van der Waals surface area contributed by atoms with E-state index in [0.29, 0.717) is 22.2 Å². The number of halogens is 2. The third-order valence-corrected chi connectivity index (χ3v) is 4.19. The molecule has 0 aromatic heterocycles. The van der Waals surface area contributed by atoms with Crippen LogP contribution in [0.15, 0.2) is 42.5 Å². The zero-order valence-electron chi connectivity index (χ0n) is 11.3. The molecule has 5 nitrogen and oxygen atoms in total. The Bertz CT molecular complexity index is 686. The Morgan fingerprint density at radius 1 is 1.14 bits per heavy atom. The van der Waals surface area contributed by atoms with Gasteiger partial charge in [-0.25, -0.2) is 0 Å². The summed E-state index contributed by atoms with van der Waals surface area (Å²) in [5, 5.41) is 15.0. The van der Waals surface area contributed by atoms with Crippen LogP contribution in [0.3, 0.4) is 0 Å². The number of ether oxygens (including phenoxy) is 1. The molecule has 2 atom stereocenters. The quantitative estimate of drug-likeness (QED) is 0.670. The Morgan fingerprint density at radius 3 is 2.36 bits per heavy atom. The lowest BCUT2D eigenvalue weighted by atomic mass is 10.1. The molecule has 0 spiro atoms. The number of nitrogens with one attached hydrogen (secondary N) is 1. The molecule has 1 aliphatic heterocycles. The average molecular weight is 339 g/mol. The van der Waals surface area contributed by atoms with Crippen LogP contribution in [0.2, 0.25) is 10.0 Å². The third-order valence-electron chi connectivity index (χ3n) is 3.53. The molecule has 2 aromatic rings. The molecule has 0 saturated carbocycles. The van der Waals surface area contributed by atoms with Gasteiger partial charge in [-0.1, -0.05) is 29.3 Å². The summed E-state index contributed by atoms with van der Waals surface area (Å²) in [7, 11) is 0. The van der Waals surface area contributed by atoms with Gasteiger partial charge in [0, 0.05) is 34.3 Å². The second kappa shape index (κ2) is 6.22. The van der Waals surface area contributed by atoms with Crippen molar-refractivity contribution in [1.82, 2.24) is 5.32 Å². The summed E-state index contributed by atoms with van der Waals surface area (Å²) in [6.07, 6.45) is -0.612. The highest BCUT2D eigenvalue weighted by Gasteiger charge is 2.30. The lowest BCUT2D eigenvalue weighted by Gasteiger charge is -2.15. The molecular formula is C15H12Cl2N2O3. The maximum absolute atomic E-state index is 10.7. The third kappa shape index (κ3) is 2.94. The first-order valence-electron chi connectivity index (χ1n) is 6.63. The Morgan fingerprint density at radius 2 is 1.77 bits per heavy atom. The van der Waals surface area contributed by atoms with Gasteiger partial charge in [0.25, 0.3) is 5.69 Å². The van der Waals surface area contributed by atoms with Crippen LogP contribution in [-0.2, 0) is 4.74 Å². The number of non-ortho nitro benzene ring substituents is 1. The molecule has 1 fully saturated rings. The molecule has 114 valence electrons. The number of benzene rings is 2. The van der Waals surface area contributed by atoms with Crippen LogP contribution >= 0.6 is 23.2 Å². The van der Waals surface area contributed by atoms with Gasteiger partial charge in [0.05, 0.1) is 11.0 Å². The minimum atomic E-state index is -0.427. The molecule has 3 rings (SSSR count). The number of hydrogen-bond donors (Lipinski definition) is 1. The predicted octanol–water partition coefficient (Wildman–Crippen LogP) is 4.26. The standard InChI is InChI=1S/C15H12Cl2N2O3/c16-11-2-1-3-12(17)14(11)15-18-8-13(22-15)9-4-6-10(7-5-9)19(20)21/h1-7,13,15,18H,8H2. The number of hydrogen-bond acceptors (Lipinski definition) is 4. The molecule has 2 unspecified atom stereocenters. The fraction of sp³-hybridized carbons (Fsp3) is 0.200. The van der Waals surface area contributed by atoms with Crippen LogP contribution in [0.5, 0.6) is 0 Å². The summed E-state index contributed by atoms with van der Waals surface area (Å²) < 4.78 is 5.95. The molecule has 1 N–H and O–H groups in total. The Kier molecular flexibility index (Phi) is 4.31. The molecule has 0 aliphatic carbocycles. The van der Waals surface area contributed by atoms with Crippen molar-refractivity contribution >= 4 is 28.9 Å². The number of nitrogens with zero attached hydrogens (tertiary/aromatic N) is 1. The van der Waals surface area contributed by atoms with Crippen LogP contribution in [0.4, 0.5) is 5.69 Å². The molecule has 1 aliphatic rings. The van der Waals surface area contributed by atoms with Crippen molar-refractivity contribution < 1.29 is 9.66 Å². The van der Waals surface area contributed by atoms with Crippen molar-refractivity contribution in [1.29, 1.82) is 0 Å². The fourth-order valence-corrected chi connectivity index (χ4v) is 3.01. The monoisotopic (exact) mass is 338 g/mol. The summed E-state index contributed by atoms with van der Waals surface area (Å²) in [6.45, 7) is 0.573. The summed E-state index contributed by atoms with van der Waals surface area (Å²) in [5.41, 5.74) is 1.62. The van der Waals surface area contributed by atoms with Gasteiger partial charge in [0.1, 0.15) is 6.23 Å². The lowest BCUT2D eigenvalue weighted by Crippen LogP contribution is -2.14. The van der Waals surface area contributed by atoms with E-state index in [2.05, 4.69) is 5.32 Å². The zero-order chi connectivity index (χ0) is 15.7. The molecule has 0 amide bonds. The number of nitro benzene ring substituents is 1. The topological polar surface area (TPSA) is 64.4 Å². The highest BCUT2D eigenvalue weighted by Crippen LogP contribution is 2.37. The van der Waals surface area contributed by atoms with Gasteiger partial charge in [0.2, 0.25) is 0 Å². The highest BCUT2D eigenvalue weighted by atomic mass is 35.5. The summed E-state index contributed by atoms with van der Waals surface area (Å²) in [5.74, 6) is 0. The molecule has 0 bridgehead atoms. The highest BCUT2D eigenvalue weighted by molar-refractivity contribution is 6.36. The van der Waals surface area contributed by atoms with Gasteiger partial charge in [-0.3, -0.25) is 15.4 Å². The van der Waals surface area contributed by atoms with E-state index in [1.807, 2.05) is 0 Å². The van der Waals surface area contributed by atoms with Crippen molar-refractivity contribution in [3.05, 3.63) is 73.8 Å². The maximum Gasteiger partial charge on any atom is 0.269 e. The van der Waals surface area contributed by atoms with Crippen molar-refractivity contribution in [2.45, 2.75) is 12.3 Å². The van der Waals surface area contributed by atoms with E-state index in [4.69, 9.17) is 27.9 Å². The fourth-order valence-electron chi connectivity index (χ4n) is 2.41. The average Bonchev–Trinajstić information content (AvgIpc) is 2.97. The summed E-state index contributed by atoms with van der Waals surface area (Å²) in [6, 6.07) is 11.6. The first kappa shape index (κ1) is 15.2. The van der Waals surface area contributed by atoms with Crippen molar-refractivity contribution in [2.75, 3.05) is 6.54 Å². The van der Waals surface area contributed by atoms with Gasteiger partial charge in [-0.2, -0.15) is 0 Å². The van der Waals surface area contributed by atoms with Gasteiger partial charge in [-0.05, 0) is 29.8 Å². The SMILES string of the molecule is O=[N+]([O-])c1ccc(C2CNC(c3c(Cl)cccc3Cl)O2)cc1. The van der Waals surface area contributed by atoms with Crippen LogP contribution in [0.25, 0.3) is 0 Å². The molecule has 1 heterocycles. The van der Waals surface area contributed by atoms with Crippen molar-refractivity contribution in [2.24, 2.45) is 0 Å². The van der Waals surface area contributed by atoms with E-state index in [-0.39, 0.29) is 11.8 Å². The van der Waals surface area contributed by atoms with Gasteiger partial charge in [-0.15, -0.1) is 0 Å². The maximum atomic E-state index is 10.7. The van der Waals surface area contributed by atoms with E-state index in [1.54, 1.807) is 30.3 Å². The lowest BCUT2D eigenvalue weighted by molar-refractivity contribution is -0.384. The molecule has 0 radical (unpaired) electrons. The van der Waals surface area contributed by atoms with E-state index >= 15 is 0 Å². The smallest absolute Gasteiger partial charge is 0.269 e. The first-order chi connectivity index (χ1) is 10.6. The van der Waals surface area contributed by atoms with E-state index in [9.17, 15) is 10.1 Å². The van der Waals surface area contributed by atoms with Crippen molar-refractivity contribution in [3.63, 3.8) is 0 Å². The molecule has 2 aromatic carbocycles. The predicted molar refractivity (Wildman–Crippen MR) is 84.1 cm³/mol. The molecule has 22 heavy (non-hydrogen) atoms. The van der Waals surface area contributed by atoms with Gasteiger partial charge in [0.15, 0.2) is 0 Å². The Balaban J connectivity index is 1.79. The summed E-state index contributed by atoms with van der Waals surface area (Å²) in [4.78, 5) is 10.3. The first-order valence-corrected chi connectivity index (χ1v) is 7.39. The molecule has 1 saturated heterocycles. The minimum absolute atomic E-state index is 0.0559. The molecule has 7 heteroatoms. The summed E-state index contributed by atoms with van der Waals surface area (Å²) >= 11 is 12.4. The van der Waals surface area contributed by atoms with Gasteiger partial charge < -0.3 is 4.74 Å². The van der Waals surface area contributed by atoms with E-state index in [1.165, 1.54) is 12.1 Å². The van der Waals surface area contributed by atoms with Crippen LogP contribution in [0.1, 0.15) is 23.5 Å². The van der Waals surface area contributed by atoms with E-state index in [0.717, 1.165) is 5.56 Å². The number of rotatable bonds is 3. The Labute approximate surface area is 137 Å². The second-order valence-electron chi connectivity index (χ2n) is 4.90. The minimum Gasteiger partial charge on any atom is -0.350 e. The number of nitro groups is 1. The van der Waals surface area contributed by atoms with E-state index < -0.39 is 11.2 Å². The largest absolute Gasteiger partial charge is 0.350 e. The molecular weight excluding hydrogens is 327 g/mol. The second-order valence-corrected chi connectivity index (χ2v) is 5.71. The van der Waals surface area contributed by atoms with Crippen LogP contribution in [0, 0.1) is 10.1 Å².